The Hall–Kier alpha value is -3.05. The number of phenolic OH excluding ortho intramolecular Hbond substituents is 1. The van der Waals surface area contributed by atoms with Crippen molar-refractivity contribution < 1.29 is 14.6 Å². The predicted molar refractivity (Wildman–Crippen MR) is 130 cm³/mol. The molecule has 2 fully saturated rings. The van der Waals surface area contributed by atoms with Crippen molar-refractivity contribution in [1.82, 2.24) is 10.2 Å². The average Bonchev–Trinajstić information content (AvgIpc) is 3.56. The highest BCUT2D eigenvalue weighted by Gasteiger charge is 2.58. The summed E-state index contributed by atoms with van der Waals surface area (Å²) in [6, 6.07) is 20.0. The van der Waals surface area contributed by atoms with E-state index in [4.69, 9.17) is 4.74 Å². The van der Waals surface area contributed by atoms with E-state index in [-0.39, 0.29) is 17.2 Å². The van der Waals surface area contributed by atoms with Crippen molar-refractivity contribution in [3.8, 4) is 11.5 Å². The van der Waals surface area contributed by atoms with Crippen LogP contribution in [0.15, 0.2) is 60.7 Å². The van der Waals surface area contributed by atoms with E-state index in [2.05, 4.69) is 22.3 Å². The zero-order valence-corrected chi connectivity index (χ0v) is 19.2. The fraction of sp³-hybridized carbons (Fsp3) is 0.393. The molecule has 1 aliphatic carbocycles. The first-order chi connectivity index (χ1) is 16.1. The molecule has 1 unspecified atom stereocenters. The van der Waals surface area contributed by atoms with Gasteiger partial charge in [-0.25, -0.2) is 0 Å². The molecule has 1 aliphatic heterocycles. The van der Waals surface area contributed by atoms with E-state index in [1.165, 1.54) is 0 Å². The Kier molecular flexibility index (Phi) is 5.98. The van der Waals surface area contributed by atoms with Crippen LogP contribution in [-0.2, 0) is 17.8 Å². The number of likely N-dealkylation sites (tertiary alicyclic amines) is 1. The minimum atomic E-state index is 0.142. The number of hydrogen-bond donors (Lipinski definition) is 2. The van der Waals surface area contributed by atoms with E-state index in [1.807, 2.05) is 42.5 Å². The summed E-state index contributed by atoms with van der Waals surface area (Å²) in [5.41, 5.74) is 2.30. The van der Waals surface area contributed by atoms with Gasteiger partial charge in [-0.3, -0.25) is 9.69 Å². The maximum absolute atomic E-state index is 12.8. The molecule has 1 saturated carbocycles. The summed E-state index contributed by atoms with van der Waals surface area (Å²) in [4.78, 5) is 15.2. The summed E-state index contributed by atoms with van der Waals surface area (Å²) >= 11 is 0. The quantitative estimate of drug-likeness (QED) is 0.563. The first-order valence-corrected chi connectivity index (χ1v) is 11.9. The molecule has 172 valence electrons. The summed E-state index contributed by atoms with van der Waals surface area (Å²) in [6.07, 6.45) is 3.87. The largest absolute Gasteiger partial charge is 0.508 e. The third-order valence-electron chi connectivity index (χ3n) is 7.64. The normalized spacial score (nSPS) is 19.5. The van der Waals surface area contributed by atoms with Crippen molar-refractivity contribution >= 4 is 16.7 Å². The Bertz CT molecular complexity index is 1150. The van der Waals surface area contributed by atoms with E-state index in [1.54, 1.807) is 13.2 Å². The summed E-state index contributed by atoms with van der Waals surface area (Å²) in [5, 5.41) is 15.9. The van der Waals surface area contributed by atoms with Crippen LogP contribution in [0.25, 0.3) is 10.8 Å². The molecule has 1 saturated heterocycles. The number of nitrogens with one attached hydrogen (secondary N) is 1. The first-order valence-electron chi connectivity index (χ1n) is 11.9. The minimum Gasteiger partial charge on any atom is -0.508 e. The topological polar surface area (TPSA) is 61.8 Å². The lowest BCUT2D eigenvalue weighted by atomic mass is 9.90. The number of amides is 1. The zero-order valence-electron chi connectivity index (χ0n) is 19.2. The van der Waals surface area contributed by atoms with Crippen molar-refractivity contribution in [2.45, 2.75) is 32.2 Å². The smallest absolute Gasteiger partial charge is 0.223 e. The fourth-order valence-electron chi connectivity index (χ4n) is 5.49. The van der Waals surface area contributed by atoms with E-state index < -0.39 is 0 Å². The molecule has 5 rings (SSSR count). The molecular formula is C28H32N2O3. The maximum atomic E-state index is 12.8. The molecule has 2 N–H and O–H groups in total. The zero-order chi connectivity index (χ0) is 22.8. The van der Waals surface area contributed by atoms with Gasteiger partial charge in [-0.05, 0) is 72.7 Å². The molecule has 5 heteroatoms. The lowest BCUT2D eigenvalue weighted by Crippen LogP contribution is -2.37. The molecule has 1 heterocycles. The number of methoxy groups -OCH3 is 1. The first kappa shape index (κ1) is 21.8. The molecule has 0 bridgehead atoms. The highest BCUT2D eigenvalue weighted by Crippen LogP contribution is 2.59. The number of rotatable bonds is 7. The van der Waals surface area contributed by atoms with E-state index in [9.17, 15) is 9.90 Å². The third-order valence-corrected chi connectivity index (χ3v) is 7.64. The number of carbonyl (C=O) groups excluding carboxylic acids is 1. The predicted octanol–water partition coefficient (Wildman–Crippen LogP) is 4.52. The molecule has 5 nitrogen and oxygen atoms in total. The van der Waals surface area contributed by atoms with Crippen LogP contribution in [0.2, 0.25) is 0 Å². The second-order valence-corrected chi connectivity index (χ2v) is 9.53. The van der Waals surface area contributed by atoms with Gasteiger partial charge in [0.25, 0.3) is 0 Å². The molecule has 0 radical (unpaired) electrons. The number of ether oxygens (including phenoxy) is 1. The van der Waals surface area contributed by atoms with E-state index in [0.717, 1.165) is 73.0 Å². The van der Waals surface area contributed by atoms with E-state index in [0.29, 0.717) is 12.3 Å². The van der Waals surface area contributed by atoms with Gasteiger partial charge in [0.15, 0.2) is 0 Å². The number of aromatic hydroxyl groups is 1. The molecule has 0 aromatic heterocycles. The van der Waals surface area contributed by atoms with Gasteiger partial charge >= 0.3 is 0 Å². The standard InChI is InChI=1S/C28H32N2O3/c1-33-26-9-5-3-7-21(26)12-15-29-27(32)24-18-28(24)13-16-30(17-14-28)19-23-22-8-4-2-6-20(22)10-11-25(23)31/h2-11,24,31H,12-19H2,1H3,(H,29,32). The Morgan fingerprint density at radius 2 is 1.85 bits per heavy atom. The van der Waals surface area contributed by atoms with Gasteiger partial charge in [-0.1, -0.05) is 48.5 Å². The molecule has 1 spiro atoms. The molecule has 3 aromatic carbocycles. The number of benzene rings is 3. The lowest BCUT2D eigenvalue weighted by molar-refractivity contribution is -0.123. The Balaban J connectivity index is 1.13. The van der Waals surface area contributed by atoms with Gasteiger partial charge in [0.2, 0.25) is 5.91 Å². The monoisotopic (exact) mass is 444 g/mol. The van der Waals surface area contributed by atoms with Crippen LogP contribution in [-0.4, -0.2) is 42.7 Å². The van der Waals surface area contributed by atoms with Crippen molar-refractivity contribution in [2.75, 3.05) is 26.7 Å². The Labute approximate surface area is 195 Å². The van der Waals surface area contributed by atoms with Crippen molar-refractivity contribution in [3.05, 3.63) is 71.8 Å². The molecule has 3 aromatic rings. The van der Waals surface area contributed by atoms with Crippen LogP contribution in [0.3, 0.4) is 0 Å². The van der Waals surface area contributed by atoms with Crippen LogP contribution in [0.1, 0.15) is 30.4 Å². The van der Waals surface area contributed by atoms with Crippen LogP contribution in [0.5, 0.6) is 11.5 Å². The second kappa shape index (κ2) is 9.06. The van der Waals surface area contributed by atoms with Gasteiger partial charge in [-0.15, -0.1) is 0 Å². The minimum absolute atomic E-state index is 0.142. The SMILES string of the molecule is COc1ccccc1CCNC(=O)C1CC12CCN(Cc1c(O)ccc3ccccc13)CC2. The number of carbonyl (C=O) groups is 1. The number of fused-ring (bicyclic) bond motifs is 1. The highest BCUT2D eigenvalue weighted by molar-refractivity contribution is 5.87. The van der Waals surface area contributed by atoms with Gasteiger partial charge < -0.3 is 15.2 Å². The van der Waals surface area contributed by atoms with Crippen LogP contribution >= 0.6 is 0 Å². The fourth-order valence-corrected chi connectivity index (χ4v) is 5.49. The van der Waals surface area contributed by atoms with Crippen LogP contribution in [0, 0.1) is 11.3 Å². The summed E-state index contributed by atoms with van der Waals surface area (Å²) in [7, 11) is 1.68. The van der Waals surface area contributed by atoms with Gasteiger partial charge in [0.1, 0.15) is 11.5 Å². The van der Waals surface area contributed by atoms with Gasteiger partial charge in [-0.2, -0.15) is 0 Å². The summed E-state index contributed by atoms with van der Waals surface area (Å²) < 4.78 is 5.40. The van der Waals surface area contributed by atoms with Crippen molar-refractivity contribution in [1.29, 1.82) is 0 Å². The Morgan fingerprint density at radius 3 is 2.67 bits per heavy atom. The molecule has 1 atom stereocenters. The lowest BCUT2D eigenvalue weighted by Gasteiger charge is -2.33. The maximum Gasteiger partial charge on any atom is 0.223 e. The molecule has 33 heavy (non-hydrogen) atoms. The highest BCUT2D eigenvalue weighted by atomic mass is 16.5. The van der Waals surface area contributed by atoms with Crippen LogP contribution < -0.4 is 10.1 Å². The molecule has 2 aliphatic rings. The second-order valence-electron chi connectivity index (χ2n) is 9.53. The van der Waals surface area contributed by atoms with Gasteiger partial charge in [0.05, 0.1) is 7.11 Å². The molecule has 1 amide bonds. The third kappa shape index (κ3) is 4.42. The number of nitrogens with zero attached hydrogens (tertiary/aromatic N) is 1. The summed E-state index contributed by atoms with van der Waals surface area (Å²) in [6.45, 7) is 3.32. The number of piperidine rings is 1. The number of phenols is 1. The van der Waals surface area contributed by atoms with Crippen LogP contribution in [0.4, 0.5) is 0 Å². The van der Waals surface area contributed by atoms with Gasteiger partial charge in [0, 0.05) is 24.6 Å². The Morgan fingerprint density at radius 1 is 1.09 bits per heavy atom. The number of para-hydroxylation sites is 1. The van der Waals surface area contributed by atoms with E-state index >= 15 is 0 Å². The molecular weight excluding hydrogens is 412 g/mol. The van der Waals surface area contributed by atoms with Crippen molar-refractivity contribution in [2.24, 2.45) is 11.3 Å². The summed E-state index contributed by atoms with van der Waals surface area (Å²) in [5.74, 6) is 1.58. The average molecular weight is 445 g/mol. The number of hydrogen-bond acceptors (Lipinski definition) is 4. The van der Waals surface area contributed by atoms with Crippen molar-refractivity contribution in [3.63, 3.8) is 0 Å².